The molecule has 158 valence electrons. The molecule has 9 heteroatoms. The fraction of sp³-hybridized carbons (Fsp3) is 0.476. The Hall–Kier alpha value is -3.07. The molecule has 9 nitrogen and oxygen atoms in total. The van der Waals surface area contributed by atoms with Crippen LogP contribution in [0.25, 0.3) is 5.69 Å². The van der Waals surface area contributed by atoms with E-state index in [0.29, 0.717) is 41.7 Å². The predicted molar refractivity (Wildman–Crippen MR) is 108 cm³/mol. The van der Waals surface area contributed by atoms with Crippen LogP contribution in [-0.2, 0) is 12.0 Å². The molecule has 1 aliphatic rings. The highest BCUT2D eigenvalue weighted by Crippen LogP contribution is 2.27. The lowest BCUT2D eigenvalue weighted by Gasteiger charge is -2.35. The van der Waals surface area contributed by atoms with E-state index < -0.39 is 5.60 Å². The normalized spacial score (nSPS) is 17.3. The molecule has 3 aromatic heterocycles. The summed E-state index contributed by atoms with van der Waals surface area (Å²) in [6.07, 6.45) is 8.04. The molecule has 0 unspecified atom stereocenters. The van der Waals surface area contributed by atoms with E-state index in [1.54, 1.807) is 51.5 Å². The van der Waals surface area contributed by atoms with Gasteiger partial charge in [-0.2, -0.15) is 10.2 Å². The molecule has 4 heterocycles. The van der Waals surface area contributed by atoms with Crippen molar-refractivity contribution in [1.82, 2.24) is 29.9 Å². The predicted octanol–water partition coefficient (Wildman–Crippen LogP) is 2.42. The van der Waals surface area contributed by atoms with Gasteiger partial charge in [0.25, 0.3) is 5.91 Å². The Labute approximate surface area is 174 Å². The van der Waals surface area contributed by atoms with Crippen LogP contribution < -0.4 is 0 Å². The quantitative estimate of drug-likeness (QED) is 0.688. The topological polar surface area (TPSA) is 110 Å². The average molecular weight is 410 g/mol. The van der Waals surface area contributed by atoms with E-state index in [9.17, 15) is 9.90 Å². The summed E-state index contributed by atoms with van der Waals surface area (Å²) < 4.78 is 5.81. The summed E-state index contributed by atoms with van der Waals surface area (Å²) in [5.41, 5.74) is 0.325. The van der Waals surface area contributed by atoms with Crippen molar-refractivity contribution in [2.24, 2.45) is 0 Å². The van der Waals surface area contributed by atoms with Gasteiger partial charge in [0.1, 0.15) is 22.7 Å². The number of aryl methyl sites for hydroxylation is 1. The number of piperidine rings is 1. The number of hydrogen-bond acceptors (Lipinski definition) is 7. The zero-order chi connectivity index (χ0) is 21.3. The second kappa shape index (κ2) is 7.98. The minimum Gasteiger partial charge on any atom is -0.446 e. The van der Waals surface area contributed by atoms with Crippen LogP contribution in [0.2, 0.25) is 0 Å². The highest BCUT2D eigenvalue weighted by molar-refractivity contribution is 5.96. The van der Waals surface area contributed by atoms with Crippen molar-refractivity contribution in [3.63, 3.8) is 0 Å². The maximum absolute atomic E-state index is 13.5. The lowest BCUT2D eigenvalue weighted by atomic mass is 9.98. The van der Waals surface area contributed by atoms with Gasteiger partial charge in [0.05, 0.1) is 12.4 Å². The van der Waals surface area contributed by atoms with Gasteiger partial charge in [-0.25, -0.2) is 9.97 Å². The Morgan fingerprint density at radius 1 is 1.27 bits per heavy atom. The molecule has 1 N–H and O–H groups in total. The standard InChI is InChI=1S/C21H26N6O3/c1-14-19(21(2,3)29)25-17(30-14)13-15-7-4-5-12-26(15)20(28)18-16(8-6-9-22-18)27-23-10-11-24-27/h6,8-11,15,29H,4-5,7,12-13H2,1-3H3/t15-/m1/s1. The van der Waals surface area contributed by atoms with E-state index in [-0.39, 0.29) is 11.9 Å². The zero-order valence-corrected chi connectivity index (χ0v) is 17.4. The Morgan fingerprint density at radius 3 is 2.73 bits per heavy atom. The molecule has 3 aromatic rings. The number of carbonyl (C=O) groups is 1. The lowest BCUT2D eigenvalue weighted by molar-refractivity contribution is 0.0597. The number of carbonyl (C=O) groups excluding carboxylic acids is 1. The minimum atomic E-state index is -1.08. The maximum atomic E-state index is 13.5. The molecule has 30 heavy (non-hydrogen) atoms. The highest BCUT2D eigenvalue weighted by atomic mass is 16.4. The number of aliphatic hydroxyl groups is 1. The number of aromatic nitrogens is 5. The first-order valence-corrected chi connectivity index (χ1v) is 10.2. The number of amides is 1. The third-order valence-corrected chi connectivity index (χ3v) is 5.34. The molecule has 0 saturated carbocycles. The SMILES string of the molecule is Cc1oc(C[C@H]2CCCCN2C(=O)c2ncccc2-n2nccn2)nc1C(C)(C)O. The van der Waals surface area contributed by atoms with Gasteiger partial charge in [-0.05, 0) is 52.2 Å². The molecule has 1 fully saturated rings. The number of oxazole rings is 1. The van der Waals surface area contributed by atoms with Gasteiger partial charge < -0.3 is 14.4 Å². The average Bonchev–Trinajstić information content (AvgIpc) is 3.37. The van der Waals surface area contributed by atoms with E-state index >= 15 is 0 Å². The van der Waals surface area contributed by atoms with Crippen molar-refractivity contribution in [3.8, 4) is 5.69 Å². The van der Waals surface area contributed by atoms with E-state index in [4.69, 9.17) is 4.42 Å². The van der Waals surface area contributed by atoms with Crippen molar-refractivity contribution >= 4 is 5.91 Å². The molecule has 1 saturated heterocycles. The molecule has 0 bridgehead atoms. The van der Waals surface area contributed by atoms with Crippen molar-refractivity contribution in [2.45, 2.75) is 58.1 Å². The summed E-state index contributed by atoms with van der Waals surface area (Å²) in [7, 11) is 0. The largest absolute Gasteiger partial charge is 0.446 e. The Bertz CT molecular complexity index is 1020. The monoisotopic (exact) mass is 410 g/mol. The fourth-order valence-electron chi connectivity index (χ4n) is 3.99. The molecule has 0 aromatic carbocycles. The van der Waals surface area contributed by atoms with E-state index in [0.717, 1.165) is 19.3 Å². The number of nitrogens with zero attached hydrogens (tertiary/aromatic N) is 6. The van der Waals surface area contributed by atoms with Crippen molar-refractivity contribution in [3.05, 3.63) is 53.8 Å². The smallest absolute Gasteiger partial charge is 0.275 e. The van der Waals surface area contributed by atoms with Crippen LogP contribution in [0.15, 0.2) is 35.1 Å². The first kappa shape index (κ1) is 20.2. The first-order chi connectivity index (χ1) is 14.3. The molecular weight excluding hydrogens is 384 g/mol. The van der Waals surface area contributed by atoms with Crippen LogP contribution in [0.5, 0.6) is 0 Å². The van der Waals surface area contributed by atoms with Crippen LogP contribution >= 0.6 is 0 Å². The van der Waals surface area contributed by atoms with Crippen LogP contribution in [0.4, 0.5) is 0 Å². The molecule has 1 aliphatic heterocycles. The summed E-state index contributed by atoms with van der Waals surface area (Å²) in [6, 6.07) is 3.49. The number of likely N-dealkylation sites (tertiary alicyclic amines) is 1. The summed E-state index contributed by atoms with van der Waals surface area (Å²) in [6.45, 7) is 5.81. The van der Waals surface area contributed by atoms with Crippen LogP contribution in [0.3, 0.4) is 0 Å². The molecule has 0 aliphatic carbocycles. The molecule has 4 rings (SSSR count). The summed E-state index contributed by atoms with van der Waals surface area (Å²) in [4.78, 5) is 25.6. The number of hydrogen-bond donors (Lipinski definition) is 1. The van der Waals surface area contributed by atoms with Gasteiger partial charge in [0.15, 0.2) is 11.6 Å². The highest BCUT2D eigenvalue weighted by Gasteiger charge is 2.32. The number of pyridine rings is 1. The van der Waals surface area contributed by atoms with Gasteiger partial charge in [0.2, 0.25) is 0 Å². The van der Waals surface area contributed by atoms with Crippen molar-refractivity contribution in [2.75, 3.05) is 6.54 Å². The first-order valence-electron chi connectivity index (χ1n) is 10.2. The van der Waals surface area contributed by atoms with E-state index in [2.05, 4.69) is 20.2 Å². The third kappa shape index (κ3) is 3.97. The van der Waals surface area contributed by atoms with Crippen LogP contribution in [0.1, 0.15) is 60.9 Å². The summed E-state index contributed by atoms with van der Waals surface area (Å²) >= 11 is 0. The molecular formula is C21H26N6O3. The summed E-state index contributed by atoms with van der Waals surface area (Å²) in [5.74, 6) is 0.978. The zero-order valence-electron chi connectivity index (χ0n) is 17.4. The second-order valence-electron chi connectivity index (χ2n) is 8.11. The van der Waals surface area contributed by atoms with Gasteiger partial charge >= 0.3 is 0 Å². The Morgan fingerprint density at radius 2 is 2.03 bits per heavy atom. The maximum Gasteiger partial charge on any atom is 0.275 e. The minimum absolute atomic E-state index is 0.0561. The van der Waals surface area contributed by atoms with Gasteiger partial charge in [-0.15, -0.1) is 4.80 Å². The Kier molecular flexibility index (Phi) is 5.38. The van der Waals surface area contributed by atoms with E-state index in [1.807, 2.05) is 4.90 Å². The molecule has 1 amide bonds. The van der Waals surface area contributed by atoms with Crippen LogP contribution in [0, 0.1) is 6.92 Å². The second-order valence-corrected chi connectivity index (χ2v) is 8.11. The molecule has 1 atom stereocenters. The molecule has 0 spiro atoms. The third-order valence-electron chi connectivity index (χ3n) is 5.34. The van der Waals surface area contributed by atoms with Gasteiger partial charge in [-0.1, -0.05) is 0 Å². The summed E-state index contributed by atoms with van der Waals surface area (Å²) in [5, 5.41) is 18.6. The van der Waals surface area contributed by atoms with Gasteiger partial charge in [-0.3, -0.25) is 4.79 Å². The Balaban J connectivity index is 1.60. The van der Waals surface area contributed by atoms with Crippen molar-refractivity contribution < 1.29 is 14.3 Å². The fourth-order valence-corrected chi connectivity index (χ4v) is 3.99. The van der Waals surface area contributed by atoms with E-state index in [1.165, 1.54) is 4.80 Å². The lowest BCUT2D eigenvalue weighted by Crippen LogP contribution is -2.45. The van der Waals surface area contributed by atoms with Crippen LogP contribution in [-0.4, -0.2) is 53.5 Å². The molecule has 0 radical (unpaired) electrons. The van der Waals surface area contributed by atoms with Crippen molar-refractivity contribution in [1.29, 1.82) is 0 Å². The number of rotatable bonds is 5. The van der Waals surface area contributed by atoms with Gasteiger partial charge in [0, 0.05) is 25.2 Å².